The van der Waals surface area contributed by atoms with Gasteiger partial charge in [-0.15, -0.1) is 21.5 Å². The first kappa shape index (κ1) is 23.9. The zero-order valence-corrected chi connectivity index (χ0v) is 21.8. The van der Waals surface area contributed by atoms with Gasteiger partial charge in [-0.05, 0) is 44.5 Å². The molecule has 10 heteroatoms. The first-order chi connectivity index (χ1) is 16.8. The fraction of sp³-hybridized carbons (Fsp3) is 0.240. The second kappa shape index (κ2) is 9.31. The van der Waals surface area contributed by atoms with E-state index >= 15 is 0 Å². The SMILES string of the molecule is CCCOS(=O)(=O)c1ccc(C)cc1-c1cc2c(s1)-n1c(C)nnc1CN=C2c1ccccc1Cl. The Morgan fingerprint density at radius 2 is 1.86 bits per heavy atom. The van der Waals surface area contributed by atoms with Gasteiger partial charge in [0.25, 0.3) is 10.1 Å². The maximum atomic E-state index is 13.1. The molecule has 2 aromatic carbocycles. The van der Waals surface area contributed by atoms with Crippen LogP contribution in [0.3, 0.4) is 0 Å². The van der Waals surface area contributed by atoms with Crippen LogP contribution in [0, 0.1) is 13.8 Å². The molecule has 4 aromatic rings. The number of hydrogen-bond donors (Lipinski definition) is 0. The summed E-state index contributed by atoms with van der Waals surface area (Å²) in [6, 6.07) is 14.8. The molecule has 5 rings (SSSR count). The molecule has 0 bridgehead atoms. The summed E-state index contributed by atoms with van der Waals surface area (Å²) < 4.78 is 33.4. The number of aromatic nitrogens is 3. The summed E-state index contributed by atoms with van der Waals surface area (Å²) in [5.41, 5.74) is 3.92. The molecule has 0 N–H and O–H groups in total. The van der Waals surface area contributed by atoms with Gasteiger partial charge in [-0.25, -0.2) is 0 Å². The van der Waals surface area contributed by atoms with Gasteiger partial charge in [-0.1, -0.05) is 48.4 Å². The summed E-state index contributed by atoms with van der Waals surface area (Å²) in [6.45, 7) is 6.18. The fourth-order valence-corrected chi connectivity index (χ4v) is 6.79. The van der Waals surface area contributed by atoms with Crippen LogP contribution in [0.5, 0.6) is 0 Å². The number of rotatable bonds is 6. The number of hydrogen-bond acceptors (Lipinski definition) is 7. The highest BCUT2D eigenvalue weighted by atomic mass is 35.5. The van der Waals surface area contributed by atoms with E-state index in [1.165, 1.54) is 11.3 Å². The Hall–Kier alpha value is -2.85. The van der Waals surface area contributed by atoms with E-state index in [-0.39, 0.29) is 11.5 Å². The van der Waals surface area contributed by atoms with Crippen LogP contribution < -0.4 is 0 Å². The Labute approximate surface area is 213 Å². The molecule has 1 aliphatic heterocycles. The number of nitrogens with zero attached hydrogens (tertiary/aromatic N) is 4. The van der Waals surface area contributed by atoms with Gasteiger partial charge in [0, 0.05) is 26.6 Å². The van der Waals surface area contributed by atoms with Crippen LogP contribution in [0.25, 0.3) is 15.4 Å². The number of fused-ring (bicyclic) bond motifs is 3. The van der Waals surface area contributed by atoms with Crippen molar-refractivity contribution in [2.45, 2.75) is 38.6 Å². The van der Waals surface area contributed by atoms with Gasteiger partial charge in [0.05, 0.1) is 12.3 Å². The number of aliphatic imine (C=N–C) groups is 1. The molecule has 0 fully saturated rings. The monoisotopic (exact) mass is 526 g/mol. The Balaban J connectivity index is 1.75. The van der Waals surface area contributed by atoms with Crippen molar-refractivity contribution in [3.05, 3.63) is 81.9 Å². The summed E-state index contributed by atoms with van der Waals surface area (Å²) in [5.74, 6) is 1.44. The van der Waals surface area contributed by atoms with Crippen LogP contribution in [0.4, 0.5) is 0 Å². The molecule has 180 valence electrons. The lowest BCUT2D eigenvalue weighted by Crippen LogP contribution is -2.08. The van der Waals surface area contributed by atoms with Crippen LogP contribution >= 0.6 is 22.9 Å². The number of aryl methyl sites for hydroxylation is 2. The molecule has 2 aromatic heterocycles. The van der Waals surface area contributed by atoms with Crippen molar-refractivity contribution in [1.29, 1.82) is 0 Å². The van der Waals surface area contributed by atoms with Gasteiger partial charge in [0.2, 0.25) is 0 Å². The minimum atomic E-state index is -3.93. The quantitative estimate of drug-likeness (QED) is 0.299. The predicted molar refractivity (Wildman–Crippen MR) is 138 cm³/mol. The highest BCUT2D eigenvalue weighted by molar-refractivity contribution is 7.87. The Kier molecular flexibility index (Phi) is 6.35. The van der Waals surface area contributed by atoms with Crippen molar-refractivity contribution in [3.8, 4) is 15.4 Å². The predicted octanol–water partition coefficient (Wildman–Crippen LogP) is 5.73. The second-order valence-corrected chi connectivity index (χ2v) is 11.3. The van der Waals surface area contributed by atoms with Crippen molar-refractivity contribution in [1.82, 2.24) is 14.8 Å². The average molecular weight is 527 g/mol. The van der Waals surface area contributed by atoms with Crippen LogP contribution in [0.15, 0.2) is 58.4 Å². The maximum Gasteiger partial charge on any atom is 0.297 e. The Morgan fingerprint density at radius 3 is 2.63 bits per heavy atom. The van der Waals surface area contributed by atoms with Crippen molar-refractivity contribution in [2.75, 3.05) is 6.61 Å². The molecule has 3 heterocycles. The van der Waals surface area contributed by atoms with Gasteiger partial charge in [0.15, 0.2) is 5.82 Å². The highest BCUT2D eigenvalue weighted by Crippen LogP contribution is 2.41. The number of thiophene rings is 1. The molecule has 0 saturated heterocycles. The smallest absolute Gasteiger partial charge is 0.276 e. The molecule has 35 heavy (non-hydrogen) atoms. The summed E-state index contributed by atoms with van der Waals surface area (Å²) in [4.78, 5) is 5.78. The third-order valence-electron chi connectivity index (χ3n) is 5.68. The standard InChI is InChI=1S/C25H23ClN4O3S2/c1-4-11-33-35(31,32)22-10-9-15(2)12-18(22)21-13-19-24(17-7-5-6-8-20(17)26)27-14-23-29-28-16(3)30(23)25(19)34-21/h5-10,12-13H,4,11,14H2,1-3H3. The van der Waals surface area contributed by atoms with E-state index in [0.29, 0.717) is 29.4 Å². The van der Waals surface area contributed by atoms with E-state index in [1.54, 1.807) is 12.1 Å². The number of benzene rings is 2. The van der Waals surface area contributed by atoms with Gasteiger partial charge in [-0.3, -0.25) is 13.7 Å². The van der Waals surface area contributed by atoms with Crippen LogP contribution in [0.2, 0.25) is 5.02 Å². The van der Waals surface area contributed by atoms with E-state index in [9.17, 15) is 8.42 Å². The Morgan fingerprint density at radius 1 is 1.06 bits per heavy atom. The van der Waals surface area contributed by atoms with Gasteiger partial charge < -0.3 is 0 Å². The minimum absolute atomic E-state index is 0.128. The summed E-state index contributed by atoms with van der Waals surface area (Å²) in [6.07, 6.45) is 0.598. The lowest BCUT2D eigenvalue weighted by atomic mass is 10.0. The molecule has 1 aliphatic rings. The molecular weight excluding hydrogens is 504 g/mol. The summed E-state index contributed by atoms with van der Waals surface area (Å²) in [5, 5.41) is 10.0. The van der Waals surface area contributed by atoms with E-state index < -0.39 is 10.1 Å². The third kappa shape index (κ3) is 4.33. The van der Waals surface area contributed by atoms with Crippen molar-refractivity contribution < 1.29 is 12.6 Å². The molecule has 7 nitrogen and oxygen atoms in total. The van der Waals surface area contributed by atoms with E-state index in [0.717, 1.165) is 38.1 Å². The van der Waals surface area contributed by atoms with Gasteiger partial charge in [0.1, 0.15) is 22.3 Å². The van der Waals surface area contributed by atoms with Crippen LogP contribution in [-0.2, 0) is 20.8 Å². The molecule has 0 aliphatic carbocycles. The normalized spacial score (nSPS) is 13.2. The van der Waals surface area contributed by atoms with E-state index in [2.05, 4.69) is 10.2 Å². The average Bonchev–Trinajstić information content (AvgIpc) is 3.38. The molecule has 0 atom stereocenters. The minimum Gasteiger partial charge on any atom is -0.276 e. The molecule has 0 radical (unpaired) electrons. The zero-order valence-electron chi connectivity index (χ0n) is 19.4. The van der Waals surface area contributed by atoms with Crippen molar-refractivity contribution in [3.63, 3.8) is 0 Å². The van der Waals surface area contributed by atoms with E-state index in [4.69, 9.17) is 20.8 Å². The molecule has 0 saturated carbocycles. The lowest BCUT2D eigenvalue weighted by molar-refractivity contribution is 0.318. The zero-order chi connectivity index (χ0) is 24.7. The first-order valence-electron chi connectivity index (χ1n) is 11.2. The summed E-state index contributed by atoms with van der Waals surface area (Å²) >= 11 is 8.03. The second-order valence-electron chi connectivity index (χ2n) is 8.25. The molecule has 0 unspecified atom stereocenters. The van der Waals surface area contributed by atoms with Crippen molar-refractivity contribution in [2.24, 2.45) is 4.99 Å². The van der Waals surface area contributed by atoms with Crippen LogP contribution in [0.1, 0.15) is 41.7 Å². The topological polar surface area (TPSA) is 86.4 Å². The molecular formula is C25H23ClN4O3S2. The number of halogens is 1. The molecule has 0 spiro atoms. The van der Waals surface area contributed by atoms with E-state index in [1.807, 2.05) is 61.7 Å². The maximum absolute atomic E-state index is 13.1. The van der Waals surface area contributed by atoms with Gasteiger partial charge in [-0.2, -0.15) is 8.42 Å². The Bertz CT molecular complexity index is 1570. The molecule has 0 amide bonds. The largest absolute Gasteiger partial charge is 0.297 e. The third-order valence-corrected chi connectivity index (χ3v) is 8.54. The first-order valence-corrected chi connectivity index (χ1v) is 13.8. The summed E-state index contributed by atoms with van der Waals surface area (Å²) in [7, 11) is -3.93. The fourth-order valence-electron chi connectivity index (χ4n) is 4.05. The van der Waals surface area contributed by atoms with Gasteiger partial charge >= 0.3 is 0 Å². The lowest BCUT2D eigenvalue weighted by Gasteiger charge is -2.10. The highest BCUT2D eigenvalue weighted by Gasteiger charge is 2.28. The van der Waals surface area contributed by atoms with Crippen molar-refractivity contribution >= 4 is 38.8 Å². The van der Waals surface area contributed by atoms with Crippen LogP contribution in [-0.4, -0.2) is 35.5 Å².